The van der Waals surface area contributed by atoms with Crippen molar-refractivity contribution in [3.63, 3.8) is 0 Å². The van der Waals surface area contributed by atoms with Gasteiger partial charge in [-0.15, -0.1) is 0 Å². The second kappa shape index (κ2) is 4.72. The van der Waals surface area contributed by atoms with Crippen LogP contribution in [-0.4, -0.2) is 33.6 Å². The lowest BCUT2D eigenvalue weighted by Gasteiger charge is -2.24. The number of hydrogen-bond donors (Lipinski definition) is 1. The van der Waals surface area contributed by atoms with Gasteiger partial charge in [0, 0.05) is 6.54 Å². The minimum atomic E-state index is -3.51. The highest BCUT2D eigenvalue weighted by molar-refractivity contribution is 7.92. The van der Waals surface area contributed by atoms with Crippen molar-refractivity contribution in [2.45, 2.75) is 17.2 Å². The summed E-state index contributed by atoms with van der Waals surface area (Å²) in [4.78, 5) is 0.155. The molecule has 0 aliphatic carbocycles. The Morgan fingerprint density at radius 1 is 1.47 bits per heavy atom. The summed E-state index contributed by atoms with van der Waals surface area (Å²) >= 11 is 0. The van der Waals surface area contributed by atoms with E-state index in [1.807, 2.05) is 0 Å². The summed E-state index contributed by atoms with van der Waals surface area (Å²) in [5.41, 5.74) is 0.414. The Morgan fingerprint density at radius 3 is 2.82 bits per heavy atom. The molecule has 4 nitrogen and oxygen atoms in total. The van der Waals surface area contributed by atoms with Gasteiger partial charge in [-0.25, -0.2) is 12.8 Å². The molecule has 1 aliphatic heterocycles. The number of ether oxygens (including phenoxy) is 1. The molecule has 1 atom stereocenters. The van der Waals surface area contributed by atoms with E-state index in [0.717, 1.165) is 6.07 Å². The van der Waals surface area contributed by atoms with E-state index < -0.39 is 21.0 Å². The van der Waals surface area contributed by atoms with Crippen molar-refractivity contribution in [3.8, 4) is 0 Å². The summed E-state index contributed by atoms with van der Waals surface area (Å²) in [5.74, 6) is -0.436. The molecule has 2 rings (SSSR count). The van der Waals surface area contributed by atoms with Gasteiger partial charge in [-0.1, -0.05) is 0 Å². The van der Waals surface area contributed by atoms with Crippen LogP contribution >= 0.6 is 0 Å². The van der Waals surface area contributed by atoms with Crippen LogP contribution in [0.3, 0.4) is 0 Å². The zero-order chi connectivity index (χ0) is 12.5. The molecule has 17 heavy (non-hydrogen) atoms. The number of morpholine rings is 1. The van der Waals surface area contributed by atoms with E-state index in [1.165, 1.54) is 12.1 Å². The van der Waals surface area contributed by atoms with Crippen LogP contribution in [0.5, 0.6) is 0 Å². The molecule has 1 saturated heterocycles. The lowest BCUT2D eigenvalue weighted by atomic mass is 10.2. The molecular formula is C11H14FNO3S. The van der Waals surface area contributed by atoms with E-state index in [9.17, 15) is 12.8 Å². The van der Waals surface area contributed by atoms with Crippen LogP contribution in [0.25, 0.3) is 0 Å². The van der Waals surface area contributed by atoms with E-state index in [-0.39, 0.29) is 11.5 Å². The molecule has 0 aromatic heterocycles. The lowest BCUT2D eigenvalue weighted by Crippen LogP contribution is -2.46. The predicted octanol–water partition coefficient (Wildman–Crippen LogP) is 0.854. The summed E-state index contributed by atoms with van der Waals surface area (Å²) < 4.78 is 42.6. The van der Waals surface area contributed by atoms with Crippen molar-refractivity contribution < 1.29 is 17.5 Å². The fraction of sp³-hybridized carbons (Fsp3) is 0.455. The molecule has 0 radical (unpaired) electrons. The molecule has 1 aliphatic rings. The minimum absolute atomic E-state index is 0.124. The molecule has 1 aromatic rings. The maximum atomic E-state index is 12.9. The predicted molar refractivity (Wildman–Crippen MR) is 60.9 cm³/mol. The molecule has 0 amide bonds. The third kappa shape index (κ3) is 2.48. The van der Waals surface area contributed by atoms with Crippen LogP contribution in [0.1, 0.15) is 5.56 Å². The van der Waals surface area contributed by atoms with E-state index in [0.29, 0.717) is 18.7 Å². The van der Waals surface area contributed by atoms with Crippen molar-refractivity contribution in [1.29, 1.82) is 0 Å². The molecule has 94 valence electrons. The fourth-order valence-corrected chi connectivity index (χ4v) is 3.51. The average molecular weight is 259 g/mol. The van der Waals surface area contributed by atoms with E-state index >= 15 is 0 Å². The van der Waals surface area contributed by atoms with Gasteiger partial charge in [-0.2, -0.15) is 0 Å². The molecule has 1 heterocycles. The third-order valence-electron chi connectivity index (χ3n) is 2.71. The monoisotopic (exact) mass is 259 g/mol. The zero-order valence-electron chi connectivity index (χ0n) is 9.44. The maximum Gasteiger partial charge on any atom is 0.196 e. The number of nitrogens with one attached hydrogen (secondary N) is 1. The van der Waals surface area contributed by atoms with Gasteiger partial charge >= 0.3 is 0 Å². The van der Waals surface area contributed by atoms with Gasteiger partial charge in [0.05, 0.1) is 18.1 Å². The van der Waals surface area contributed by atoms with Gasteiger partial charge in [0.2, 0.25) is 0 Å². The Bertz CT molecular complexity index is 509. The Kier molecular flexibility index (Phi) is 3.46. The summed E-state index contributed by atoms with van der Waals surface area (Å²) in [6.45, 7) is 2.72. The Morgan fingerprint density at radius 2 is 2.24 bits per heavy atom. The van der Waals surface area contributed by atoms with Gasteiger partial charge in [0.15, 0.2) is 9.84 Å². The summed E-state index contributed by atoms with van der Waals surface area (Å²) in [7, 11) is -3.51. The molecule has 1 fully saturated rings. The van der Waals surface area contributed by atoms with E-state index in [4.69, 9.17) is 4.74 Å². The van der Waals surface area contributed by atoms with Crippen LogP contribution in [0.4, 0.5) is 4.39 Å². The minimum Gasteiger partial charge on any atom is -0.377 e. The van der Waals surface area contributed by atoms with Gasteiger partial charge in [0.25, 0.3) is 0 Å². The van der Waals surface area contributed by atoms with E-state index in [1.54, 1.807) is 6.92 Å². The van der Waals surface area contributed by atoms with Crippen molar-refractivity contribution in [1.82, 2.24) is 5.32 Å². The topological polar surface area (TPSA) is 55.4 Å². The normalized spacial score (nSPS) is 21.4. The van der Waals surface area contributed by atoms with Gasteiger partial charge < -0.3 is 4.74 Å². The highest BCUT2D eigenvalue weighted by Gasteiger charge is 2.30. The first kappa shape index (κ1) is 12.5. The third-order valence-corrected chi connectivity index (χ3v) is 4.83. The van der Waals surface area contributed by atoms with Gasteiger partial charge in [-0.05, 0) is 30.7 Å². The van der Waals surface area contributed by atoms with Crippen LogP contribution in [0.2, 0.25) is 0 Å². The first-order valence-corrected chi connectivity index (χ1v) is 6.87. The number of sulfone groups is 1. The second-order valence-electron chi connectivity index (χ2n) is 3.97. The Balaban J connectivity index is 2.37. The van der Waals surface area contributed by atoms with Crippen molar-refractivity contribution in [2.24, 2.45) is 0 Å². The van der Waals surface area contributed by atoms with Gasteiger partial charge in [-0.3, -0.25) is 5.32 Å². The van der Waals surface area contributed by atoms with Crippen LogP contribution in [-0.2, 0) is 14.6 Å². The van der Waals surface area contributed by atoms with Crippen LogP contribution in [0, 0.1) is 12.7 Å². The Hall–Kier alpha value is -0.980. The highest BCUT2D eigenvalue weighted by Crippen LogP contribution is 2.21. The quantitative estimate of drug-likeness (QED) is 0.800. The molecule has 1 aromatic carbocycles. The average Bonchev–Trinajstić information content (AvgIpc) is 2.29. The summed E-state index contributed by atoms with van der Waals surface area (Å²) in [6.07, 6.45) is 0. The first-order chi connectivity index (χ1) is 8.01. The molecule has 1 N–H and O–H groups in total. The summed E-state index contributed by atoms with van der Waals surface area (Å²) in [6, 6.07) is 3.68. The van der Waals surface area contributed by atoms with E-state index in [2.05, 4.69) is 5.32 Å². The lowest BCUT2D eigenvalue weighted by molar-refractivity contribution is 0.0978. The number of benzene rings is 1. The standard InChI is InChI=1S/C11H14FNO3S/c1-8-6-9(12)2-3-10(8)17(14,15)11-7-16-5-4-13-11/h2-3,6,11,13H,4-5,7H2,1H3. The highest BCUT2D eigenvalue weighted by atomic mass is 32.2. The number of halogens is 1. The molecule has 1 unspecified atom stereocenters. The van der Waals surface area contributed by atoms with Gasteiger partial charge in [0.1, 0.15) is 11.2 Å². The molecule has 0 bridgehead atoms. The van der Waals surface area contributed by atoms with Crippen molar-refractivity contribution >= 4 is 9.84 Å². The van der Waals surface area contributed by atoms with Crippen LogP contribution < -0.4 is 5.32 Å². The smallest absolute Gasteiger partial charge is 0.196 e. The molecular weight excluding hydrogens is 245 g/mol. The number of rotatable bonds is 2. The van der Waals surface area contributed by atoms with Crippen molar-refractivity contribution in [3.05, 3.63) is 29.6 Å². The summed E-state index contributed by atoms with van der Waals surface area (Å²) in [5, 5.41) is 2.14. The van der Waals surface area contributed by atoms with Crippen molar-refractivity contribution in [2.75, 3.05) is 19.8 Å². The first-order valence-electron chi connectivity index (χ1n) is 5.33. The second-order valence-corrected chi connectivity index (χ2v) is 6.07. The maximum absolute atomic E-state index is 12.9. The number of hydrogen-bond acceptors (Lipinski definition) is 4. The molecule has 0 spiro atoms. The molecule has 6 heteroatoms. The fourth-order valence-electron chi connectivity index (χ4n) is 1.83. The zero-order valence-corrected chi connectivity index (χ0v) is 10.3. The number of aryl methyl sites for hydroxylation is 1. The largest absolute Gasteiger partial charge is 0.377 e. The Labute approximate surface area is 99.7 Å². The molecule has 0 saturated carbocycles. The SMILES string of the molecule is Cc1cc(F)ccc1S(=O)(=O)C1COCCN1. The van der Waals surface area contributed by atoms with Crippen LogP contribution in [0.15, 0.2) is 23.1 Å².